The lowest BCUT2D eigenvalue weighted by Crippen LogP contribution is -2.35. The fourth-order valence-corrected chi connectivity index (χ4v) is 5.98. The standard InChI is InChI=1S/C22H24ClN3O4S/c23-19-10-9-16(14-20(19)31(29,30)25-11-2-1-3-12-25)22(28)24-17-6-4-7-18(15-17)26-13-5-8-21(26)27/h4,6-7,9-10,14-15H,1-3,5,8,11-13H2,(H,24,28). The Morgan fingerprint density at radius 1 is 0.968 bits per heavy atom. The van der Waals surface area contributed by atoms with Gasteiger partial charge < -0.3 is 10.2 Å². The summed E-state index contributed by atoms with van der Waals surface area (Å²) in [7, 11) is -3.77. The Hall–Kier alpha value is -2.42. The zero-order valence-corrected chi connectivity index (χ0v) is 18.6. The van der Waals surface area contributed by atoms with Gasteiger partial charge in [-0.15, -0.1) is 0 Å². The van der Waals surface area contributed by atoms with Gasteiger partial charge in [-0.2, -0.15) is 4.31 Å². The Balaban J connectivity index is 1.56. The molecule has 2 fully saturated rings. The van der Waals surface area contributed by atoms with Crippen LogP contribution in [0.2, 0.25) is 5.02 Å². The average Bonchev–Trinajstić information content (AvgIpc) is 3.20. The highest BCUT2D eigenvalue weighted by molar-refractivity contribution is 7.89. The van der Waals surface area contributed by atoms with Crippen LogP contribution in [0.25, 0.3) is 0 Å². The fourth-order valence-electron chi connectivity index (χ4n) is 3.96. The predicted octanol–water partition coefficient (Wildman–Crippen LogP) is 3.89. The molecule has 2 saturated heterocycles. The van der Waals surface area contributed by atoms with Crippen molar-refractivity contribution in [2.45, 2.75) is 37.0 Å². The van der Waals surface area contributed by atoms with Crippen LogP contribution in [-0.4, -0.2) is 44.2 Å². The van der Waals surface area contributed by atoms with Crippen molar-refractivity contribution in [3.8, 4) is 0 Å². The summed E-state index contributed by atoms with van der Waals surface area (Å²) < 4.78 is 27.5. The van der Waals surface area contributed by atoms with Crippen molar-refractivity contribution in [3.05, 3.63) is 53.1 Å². The molecule has 1 N–H and O–H groups in total. The molecule has 2 heterocycles. The third-order valence-corrected chi connectivity index (χ3v) is 8.00. The number of rotatable bonds is 5. The maximum absolute atomic E-state index is 13.0. The van der Waals surface area contributed by atoms with Gasteiger partial charge in [0, 0.05) is 43.0 Å². The first-order valence-corrected chi connectivity index (χ1v) is 12.2. The molecule has 0 spiro atoms. The number of nitrogens with one attached hydrogen (secondary N) is 1. The number of benzene rings is 2. The summed E-state index contributed by atoms with van der Waals surface area (Å²) in [6, 6.07) is 11.3. The topological polar surface area (TPSA) is 86.8 Å². The van der Waals surface area contributed by atoms with Crippen LogP contribution in [0.5, 0.6) is 0 Å². The molecule has 0 unspecified atom stereocenters. The molecular weight excluding hydrogens is 438 g/mol. The fraction of sp³-hybridized carbons (Fsp3) is 0.364. The van der Waals surface area contributed by atoms with E-state index >= 15 is 0 Å². The molecule has 0 saturated carbocycles. The summed E-state index contributed by atoms with van der Waals surface area (Å²) in [6.07, 6.45) is 3.97. The monoisotopic (exact) mass is 461 g/mol. The minimum Gasteiger partial charge on any atom is -0.322 e. The van der Waals surface area contributed by atoms with Crippen molar-refractivity contribution in [2.75, 3.05) is 29.9 Å². The van der Waals surface area contributed by atoms with Gasteiger partial charge in [-0.25, -0.2) is 8.42 Å². The number of carbonyl (C=O) groups is 2. The Morgan fingerprint density at radius 2 is 1.74 bits per heavy atom. The number of halogens is 1. The van der Waals surface area contributed by atoms with Crippen molar-refractivity contribution in [1.82, 2.24) is 4.31 Å². The number of hydrogen-bond acceptors (Lipinski definition) is 4. The van der Waals surface area contributed by atoms with E-state index in [1.807, 2.05) is 6.07 Å². The van der Waals surface area contributed by atoms with Crippen LogP contribution in [0.1, 0.15) is 42.5 Å². The molecule has 2 aliphatic rings. The maximum atomic E-state index is 13.0. The molecule has 2 amide bonds. The van der Waals surface area contributed by atoms with Crippen LogP contribution in [0.15, 0.2) is 47.4 Å². The quantitative estimate of drug-likeness (QED) is 0.731. The molecule has 4 rings (SSSR count). The molecule has 2 aromatic carbocycles. The summed E-state index contributed by atoms with van der Waals surface area (Å²) in [6.45, 7) is 1.57. The lowest BCUT2D eigenvalue weighted by molar-refractivity contribution is -0.117. The number of amides is 2. The second-order valence-corrected chi connectivity index (χ2v) is 10.1. The summed E-state index contributed by atoms with van der Waals surface area (Å²) >= 11 is 6.20. The minimum absolute atomic E-state index is 0.0554. The van der Waals surface area contributed by atoms with Crippen LogP contribution < -0.4 is 10.2 Å². The number of carbonyl (C=O) groups excluding carboxylic acids is 2. The Bertz CT molecular complexity index is 1110. The number of piperidine rings is 1. The van der Waals surface area contributed by atoms with Gasteiger partial charge in [-0.1, -0.05) is 24.1 Å². The zero-order chi connectivity index (χ0) is 22.0. The third kappa shape index (κ3) is 4.61. The van der Waals surface area contributed by atoms with Gasteiger partial charge in [0.25, 0.3) is 5.91 Å². The lowest BCUT2D eigenvalue weighted by atomic mass is 10.2. The molecule has 0 aliphatic carbocycles. The Morgan fingerprint density at radius 3 is 2.45 bits per heavy atom. The highest BCUT2D eigenvalue weighted by Crippen LogP contribution is 2.29. The van der Waals surface area contributed by atoms with Gasteiger partial charge in [-0.3, -0.25) is 9.59 Å². The Labute approximate surface area is 187 Å². The van der Waals surface area contributed by atoms with Crippen molar-refractivity contribution in [3.63, 3.8) is 0 Å². The van der Waals surface area contributed by atoms with E-state index in [0.717, 1.165) is 31.4 Å². The van der Waals surface area contributed by atoms with Crippen LogP contribution in [-0.2, 0) is 14.8 Å². The second-order valence-electron chi connectivity index (χ2n) is 7.76. The van der Waals surface area contributed by atoms with E-state index in [4.69, 9.17) is 11.6 Å². The summed E-state index contributed by atoms with van der Waals surface area (Å²) in [5.74, 6) is -0.384. The van der Waals surface area contributed by atoms with Crippen molar-refractivity contribution < 1.29 is 18.0 Å². The van der Waals surface area contributed by atoms with Crippen molar-refractivity contribution in [2.24, 2.45) is 0 Å². The molecular formula is C22H24ClN3O4S. The van der Waals surface area contributed by atoms with E-state index in [9.17, 15) is 18.0 Å². The smallest absolute Gasteiger partial charge is 0.255 e. The largest absolute Gasteiger partial charge is 0.322 e. The summed E-state index contributed by atoms with van der Waals surface area (Å²) in [4.78, 5) is 26.5. The SMILES string of the molecule is O=C(Nc1cccc(N2CCCC2=O)c1)c1ccc(Cl)c(S(=O)(=O)N2CCCCC2)c1. The van der Waals surface area contributed by atoms with Gasteiger partial charge in [0.15, 0.2) is 0 Å². The molecule has 2 aromatic rings. The van der Waals surface area contributed by atoms with E-state index in [1.54, 1.807) is 23.1 Å². The molecule has 0 aromatic heterocycles. The highest BCUT2D eigenvalue weighted by atomic mass is 35.5. The third-order valence-electron chi connectivity index (χ3n) is 5.62. The van der Waals surface area contributed by atoms with Crippen LogP contribution in [0.4, 0.5) is 11.4 Å². The average molecular weight is 462 g/mol. The zero-order valence-electron chi connectivity index (χ0n) is 17.0. The number of nitrogens with zero attached hydrogens (tertiary/aromatic N) is 2. The molecule has 2 aliphatic heterocycles. The molecule has 0 radical (unpaired) electrons. The summed E-state index contributed by atoms with van der Waals surface area (Å²) in [5.41, 5.74) is 1.45. The van der Waals surface area contributed by atoms with E-state index in [0.29, 0.717) is 31.7 Å². The van der Waals surface area contributed by atoms with Crippen LogP contribution >= 0.6 is 11.6 Å². The summed E-state index contributed by atoms with van der Waals surface area (Å²) in [5, 5.41) is 2.88. The first-order chi connectivity index (χ1) is 14.9. The predicted molar refractivity (Wildman–Crippen MR) is 120 cm³/mol. The number of anilines is 2. The first-order valence-electron chi connectivity index (χ1n) is 10.4. The normalized spacial score (nSPS) is 17.7. The molecule has 0 atom stereocenters. The lowest BCUT2D eigenvalue weighted by Gasteiger charge is -2.26. The first kappa shape index (κ1) is 21.8. The minimum atomic E-state index is -3.77. The van der Waals surface area contributed by atoms with Crippen LogP contribution in [0.3, 0.4) is 0 Å². The second kappa shape index (κ2) is 8.98. The molecule has 0 bridgehead atoms. The van der Waals surface area contributed by atoms with Crippen LogP contribution in [0, 0.1) is 0 Å². The van der Waals surface area contributed by atoms with Gasteiger partial charge in [0.05, 0.1) is 5.02 Å². The highest BCUT2D eigenvalue weighted by Gasteiger charge is 2.29. The van der Waals surface area contributed by atoms with Crippen molar-refractivity contribution >= 4 is 44.8 Å². The Kier molecular flexibility index (Phi) is 6.31. The molecule has 164 valence electrons. The van der Waals surface area contributed by atoms with Gasteiger partial charge in [-0.05, 0) is 55.7 Å². The van der Waals surface area contributed by atoms with E-state index in [-0.39, 0.29) is 21.4 Å². The van der Waals surface area contributed by atoms with Gasteiger partial charge in [0.1, 0.15) is 4.90 Å². The van der Waals surface area contributed by atoms with Crippen molar-refractivity contribution in [1.29, 1.82) is 0 Å². The van der Waals surface area contributed by atoms with E-state index in [1.165, 1.54) is 22.5 Å². The maximum Gasteiger partial charge on any atom is 0.255 e. The molecule has 31 heavy (non-hydrogen) atoms. The number of hydrogen-bond donors (Lipinski definition) is 1. The molecule has 9 heteroatoms. The number of sulfonamides is 1. The molecule has 7 nitrogen and oxygen atoms in total. The van der Waals surface area contributed by atoms with E-state index in [2.05, 4.69) is 5.32 Å². The van der Waals surface area contributed by atoms with E-state index < -0.39 is 15.9 Å². The van der Waals surface area contributed by atoms with Gasteiger partial charge in [0.2, 0.25) is 15.9 Å². The van der Waals surface area contributed by atoms with Gasteiger partial charge >= 0.3 is 0 Å².